The quantitative estimate of drug-likeness (QED) is 0.155. The minimum Gasteiger partial charge on any atom is -0.456 e. The van der Waals surface area contributed by atoms with Crippen LogP contribution in [-0.2, 0) is 0 Å². The van der Waals surface area contributed by atoms with Gasteiger partial charge in [0.15, 0.2) is 0 Å². The van der Waals surface area contributed by atoms with Crippen LogP contribution in [0, 0.1) is 0 Å². The maximum atomic E-state index is 6.38. The number of fused-ring (bicyclic) bond motifs is 13. The molecule has 0 amide bonds. The van der Waals surface area contributed by atoms with Gasteiger partial charge in [-0.05, 0) is 197 Å². The van der Waals surface area contributed by atoms with E-state index in [0.717, 1.165) is 43.9 Å². The Kier molecular flexibility index (Phi) is 12.0. The molecular formula is C88H54O2. The molecule has 2 nitrogen and oxygen atoms in total. The first-order valence-corrected chi connectivity index (χ1v) is 30.9. The Labute approximate surface area is 519 Å². The van der Waals surface area contributed by atoms with Crippen molar-refractivity contribution in [3.05, 3.63) is 328 Å². The van der Waals surface area contributed by atoms with E-state index >= 15 is 0 Å². The predicted molar refractivity (Wildman–Crippen MR) is 383 cm³/mol. The zero-order chi connectivity index (χ0) is 59.2. The predicted octanol–water partition coefficient (Wildman–Crippen LogP) is 25.2. The average Bonchev–Trinajstić information content (AvgIpc) is 1.000. The van der Waals surface area contributed by atoms with Crippen LogP contribution in [0.15, 0.2) is 336 Å². The second kappa shape index (κ2) is 21.0. The van der Waals surface area contributed by atoms with Gasteiger partial charge in [0.05, 0.1) is 0 Å². The van der Waals surface area contributed by atoms with Gasteiger partial charge in [0, 0.05) is 21.5 Å². The fourth-order valence-electron chi connectivity index (χ4n) is 14.5. The summed E-state index contributed by atoms with van der Waals surface area (Å²) < 4.78 is 12.7. The van der Waals surface area contributed by atoms with Crippen molar-refractivity contribution >= 4 is 119 Å². The molecule has 2 heteroatoms. The van der Waals surface area contributed by atoms with Crippen molar-refractivity contribution in [2.24, 2.45) is 0 Å². The summed E-state index contributed by atoms with van der Waals surface area (Å²) in [5.41, 5.74) is 18.5. The molecule has 17 aromatic carbocycles. The topological polar surface area (TPSA) is 26.3 Å². The third kappa shape index (κ3) is 8.49. The van der Waals surface area contributed by atoms with Crippen molar-refractivity contribution in [2.45, 2.75) is 0 Å². The molecule has 0 unspecified atom stereocenters. The summed E-state index contributed by atoms with van der Waals surface area (Å²) in [5, 5.41) is 21.9. The third-order valence-corrected chi connectivity index (χ3v) is 18.6. The molecule has 90 heavy (non-hydrogen) atoms. The minimum absolute atomic E-state index is 0.912. The molecule has 2 aromatic heterocycles. The molecule has 2 heterocycles. The molecule has 0 saturated carbocycles. The fraction of sp³-hybridized carbons (Fsp3) is 0. The maximum Gasteiger partial charge on any atom is 0.136 e. The molecule has 418 valence electrons. The highest BCUT2D eigenvalue weighted by atomic mass is 16.3. The van der Waals surface area contributed by atoms with E-state index in [2.05, 4.69) is 328 Å². The number of rotatable bonds is 6. The van der Waals surface area contributed by atoms with Crippen molar-refractivity contribution in [1.29, 1.82) is 0 Å². The normalized spacial score (nSPS) is 11.8. The van der Waals surface area contributed by atoms with E-state index < -0.39 is 0 Å². The molecule has 0 spiro atoms. The van der Waals surface area contributed by atoms with Crippen molar-refractivity contribution in [2.75, 3.05) is 0 Å². The summed E-state index contributed by atoms with van der Waals surface area (Å²) in [6.45, 7) is 0. The van der Waals surface area contributed by atoms with Crippen LogP contribution in [0.5, 0.6) is 0 Å². The Morgan fingerprint density at radius 1 is 0.144 bits per heavy atom. The van der Waals surface area contributed by atoms with E-state index in [9.17, 15) is 0 Å². The highest BCUT2D eigenvalue weighted by Gasteiger charge is 2.21. The lowest BCUT2D eigenvalue weighted by Crippen LogP contribution is -1.91. The standard InChI is InChI=1S/C46H28O.C42H26O/c1-2-13-31-28-44-42(26-30(31)12-1)41-27-34(23-24-43(41)47-44)46-39-20-7-5-18-37(39)45(38-19-6-8-21-40(38)46)33-16-9-15-32(25-33)36-22-10-14-29-11-3-4-17-35(29)36;1-2-10-27(11-3-1)28-18-20-29(21-19-28)41-33-14-6-8-16-35(33)42(36-17-9-7-15-34(36)41)32-22-23-39-37(25-32)38-24-30-12-4-5-13-31(30)26-40(38)43-39/h1-28H;1-26H. The second-order valence-corrected chi connectivity index (χ2v) is 23.8. The van der Waals surface area contributed by atoms with Crippen LogP contribution < -0.4 is 0 Å². The molecule has 0 aliphatic rings. The lowest BCUT2D eigenvalue weighted by molar-refractivity contribution is 0.669. The van der Waals surface area contributed by atoms with Gasteiger partial charge in [0.1, 0.15) is 22.3 Å². The number of benzene rings is 17. The summed E-state index contributed by atoms with van der Waals surface area (Å²) in [5.74, 6) is 0. The van der Waals surface area contributed by atoms with Crippen LogP contribution in [0.25, 0.3) is 186 Å². The molecule has 0 radical (unpaired) electrons. The zero-order valence-corrected chi connectivity index (χ0v) is 49.0. The highest BCUT2D eigenvalue weighted by molar-refractivity contribution is 6.24. The summed E-state index contributed by atoms with van der Waals surface area (Å²) in [4.78, 5) is 0. The molecule has 0 atom stereocenters. The van der Waals surface area contributed by atoms with E-state index in [1.54, 1.807) is 0 Å². The first-order valence-electron chi connectivity index (χ1n) is 30.9. The first-order chi connectivity index (χ1) is 44.6. The minimum atomic E-state index is 0.912. The summed E-state index contributed by atoms with van der Waals surface area (Å²) >= 11 is 0. The smallest absolute Gasteiger partial charge is 0.136 e. The second-order valence-electron chi connectivity index (χ2n) is 23.8. The van der Waals surface area contributed by atoms with Crippen LogP contribution in [-0.4, -0.2) is 0 Å². The molecule has 0 aliphatic carbocycles. The average molecular weight is 1140 g/mol. The highest BCUT2D eigenvalue weighted by Crippen LogP contribution is 2.48. The van der Waals surface area contributed by atoms with E-state index in [1.165, 1.54) is 142 Å². The summed E-state index contributed by atoms with van der Waals surface area (Å²) in [6, 6.07) is 119. The van der Waals surface area contributed by atoms with Crippen molar-refractivity contribution < 1.29 is 8.83 Å². The van der Waals surface area contributed by atoms with E-state index in [4.69, 9.17) is 8.83 Å². The van der Waals surface area contributed by atoms with Crippen molar-refractivity contribution in [3.8, 4) is 66.8 Å². The van der Waals surface area contributed by atoms with Gasteiger partial charge in [-0.3, -0.25) is 0 Å². The Bertz CT molecular complexity index is 5960. The lowest BCUT2D eigenvalue weighted by Gasteiger charge is -2.18. The van der Waals surface area contributed by atoms with Gasteiger partial charge >= 0.3 is 0 Å². The molecular weight excluding hydrogens is 1090 g/mol. The van der Waals surface area contributed by atoms with Gasteiger partial charge in [-0.1, -0.05) is 273 Å². The van der Waals surface area contributed by atoms with Gasteiger partial charge in [0.25, 0.3) is 0 Å². The Morgan fingerprint density at radius 2 is 0.444 bits per heavy atom. The Hall–Kier alpha value is -11.8. The van der Waals surface area contributed by atoms with Crippen molar-refractivity contribution in [1.82, 2.24) is 0 Å². The monoisotopic (exact) mass is 1140 g/mol. The van der Waals surface area contributed by atoms with Crippen molar-refractivity contribution in [3.63, 3.8) is 0 Å². The van der Waals surface area contributed by atoms with Crippen LogP contribution in [0.2, 0.25) is 0 Å². The first kappa shape index (κ1) is 51.4. The van der Waals surface area contributed by atoms with Gasteiger partial charge in [-0.2, -0.15) is 0 Å². The Balaban J connectivity index is 0.000000134. The molecule has 0 N–H and O–H groups in total. The fourth-order valence-corrected chi connectivity index (χ4v) is 14.5. The SMILES string of the molecule is c1cc(-c2cccc3ccccc23)cc(-c2c3ccccc3c(-c3ccc4oc5cc6ccccc6cc5c4c3)c3ccccc23)c1.c1ccc(-c2ccc(-c3c4ccccc4c(-c4ccc5oc6cc7ccccc7cc6c5c4)c4ccccc34)cc2)cc1. The molecule has 0 fully saturated rings. The molecule has 19 rings (SSSR count). The Morgan fingerprint density at radius 3 is 0.911 bits per heavy atom. The summed E-state index contributed by atoms with van der Waals surface area (Å²) in [7, 11) is 0. The van der Waals surface area contributed by atoms with Gasteiger partial charge in [-0.25, -0.2) is 0 Å². The molecule has 0 aliphatic heterocycles. The van der Waals surface area contributed by atoms with E-state index in [1.807, 2.05) is 0 Å². The molecule has 19 aromatic rings. The lowest BCUT2D eigenvalue weighted by atomic mass is 9.85. The number of hydrogen-bond acceptors (Lipinski definition) is 2. The third-order valence-electron chi connectivity index (χ3n) is 18.6. The summed E-state index contributed by atoms with van der Waals surface area (Å²) in [6.07, 6.45) is 0. The number of furan rings is 2. The largest absolute Gasteiger partial charge is 0.456 e. The van der Waals surface area contributed by atoms with Crippen LogP contribution in [0.4, 0.5) is 0 Å². The number of hydrogen-bond donors (Lipinski definition) is 0. The zero-order valence-electron chi connectivity index (χ0n) is 49.0. The maximum absolute atomic E-state index is 6.38. The van der Waals surface area contributed by atoms with Gasteiger partial charge < -0.3 is 8.83 Å². The van der Waals surface area contributed by atoms with Crippen LogP contribution >= 0.6 is 0 Å². The molecule has 0 bridgehead atoms. The van der Waals surface area contributed by atoms with Crippen LogP contribution in [0.1, 0.15) is 0 Å². The van der Waals surface area contributed by atoms with E-state index in [0.29, 0.717) is 0 Å². The van der Waals surface area contributed by atoms with Gasteiger partial charge in [0.2, 0.25) is 0 Å². The van der Waals surface area contributed by atoms with Gasteiger partial charge in [-0.15, -0.1) is 0 Å². The van der Waals surface area contributed by atoms with E-state index in [-0.39, 0.29) is 0 Å². The van der Waals surface area contributed by atoms with Crippen LogP contribution in [0.3, 0.4) is 0 Å². The molecule has 0 saturated heterocycles.